The van der Waals surface area contributed by atoms with E-state index in [2.05, 4.69) is 4.98 Å². The molecule has 1 aliphatic rings. The van der Waals surface area contributed by atoms with Gasteiger partial charge in [0.15, 0.2) is 0 Å². The van der Waals surface area contributed by atoms with Crippen LogP contribution in [-0.4, -0.2) is 26.7 Å². The highest BCUT2D eigenvalue weighted by molar-refractivity contribution is 6.51. The summed E-state index contributed by atoms with van der Waals surface area (Å²) in [5, 5.41) is 22.3. The maximum atomic E-state index is 13.0. The van der Waals surface area contributed by atoms with Crippen molar-refractivity contribution in [1.29, 1.82) is 0 Å². The van der Waals surface area contributed by atoms with Gasteiger partial charge >= 0.3 is 5.91 Å². The standard InChI is InChI=1S/C23H17N3O5/c1-14-8-10-15(11-9-14)21(27)19-20(16-5-4-6-17(13-16)26(30)31)25(23(29)22(19)28)18-7-2-3-12-24-18/h2-13,20,27H,1H3/b21-19-. The minimum Gasteiger partial charge on any atom is -0.507 e. The number of aliphatic hydroxyl groups is 1. The zero-order valence-corrected chi connectivity index (χ0v) is 16.4. The second-order valence-corrected chi connectivity index (χ2v) is 7.08. The molecular weight excluding hydrogens is 398 g/mol. The third-order valence-electron chi connectivity index (χ3n) is 5.06. The second-order valence-electron chi connectivity index (χ2n) is 7.08. The lowest BCUT2D eigenvalue weighted by atomic mass is 9.94. The molecule has 0 spiro atoms. The topological polar surface area (TPSA) is 114 Å². The van der Waals surface area contributed by atoms with Crippen LogP contribution < -0.4 is 4.90 Å². The van der Waals surface area contributed by atoms with Gasteiger partial charge in [0, 0.05) is 23.9 Å². The van der Waals surface area contributed by atoms with Crippen LogP contribution in [0.5, 0.6) is 0 Å². The van der Waals surface area contributed by atoms with E-state index in [0.717, 1.165) is 10.5 Å². The largest absolute Gasteiger partial charge is 0.507 e. The van der Waals surface area contributed by atoms with Crippen molar-refractivity contribution in [2.24, 2.45) is 0 Å². The van der Waals surface area contributed by atoms with Gasteiger partial charge in [-0.3, -0.25) is 24.6 Å². The van der Waals surface area contributed by atoms with Crippen molar-refractivity contribution in [3.8, 4) is 0 Å². The molecule has 1 atom stereocenters. The Labute approximate surface area is 177 Å². The first-order chi connectivity index (χ1) is 14.9. The molecule has 1 aliphatic heterocycles. The highest BCUT2D eigenvalue weighted by Crippen LogP contribution is 2.42. The van der Waals surface area contributed by atoms with Gasteiger partial charge in [-0.25, -0.2) is 4.98 Å². The van der Waals surface area contributed by atoms with E-state index < -0.39 is 22.7 Å². The summed E-state index contributed by atoms with van der Waals surface area (Å²) in [5.74, 6) is -1.92. The molecule has 4 rings (SSSR count). The van der Waals surface area contributed by atoms with E-state index in [1.807, 2.05) is 6.92 Å². The van der Waals surface area contributed by atoms with E-state index in [4.69, 9.17) is 0 Å². The lowest BCUT2D eigenvalue weighted by Gasteiger charge is -2.24. The van der Waals surface area contributed by atoms with Crippen LogP contribution in [0.2, 0.25) is 0 Å². The number of non-ortho nitro benzene ring substituents is 1. The third-order valence-corrected chi connectivity index (χ3v) is 5.06. The number of nitrogens with zero attached hydrogens (tertiary/aromatic N) is 3. The minimum atomic E-state index is -1.07. The van der Waals surface area contributed by atoms with Crippen molar-refractivity contribution in [2.45, 2.75) is 13.0 Å². The summed E-state index contributed by atoms with van der Waals surface area (Å²) in [4.78, 5) is 42.0. The molecule has 8 nitrogen and oxygen atoms in total. The van der Waals surface area contributed by atoms with Gasteiger partial charge in [-0.05, 0) is 24.6 Å². The molecule has 0 radical (unpaired) electrons. The Bertz CT molecular complexity index is 1220. The van der Waals surface area contributed by atoms with Crippen molar-refractivity contribution in [2.75, 3.05) is 4.90 Å². The SMILES string of the molecule is Cc1ccc(/C(O)=C2/C(=O)C(=O)N(c3ccccn3)C2c2cccc([N+](=O)[O-])c2)cc1. The van der Waals surface area contributed by atoms with Crippen LogP contribution in [0, 0.1) is 17.0 Å². The molecule has 1 fully saturated rings. The number of benzene rings is 2. The zero-order valence-electron chi connectivity index (χ0n) is 16.4. The number of rotatable bonds is 4. The predicted molar refractivity (Wildman–Crippen MR) is 113 cm³/mol. The summed E-state index contributed by atoms with van der Waals surface area (Å²) in [6, 6.07) is 16.3. The van der Waals surface area contributed by atoms with Crippen molar-refractivity contribution in [1.82, 2.24) is 4.98 Å². The molecule has 1 aromatic heterocycles. The highest BCUT2D eigenvalue weighted by atomic mass is 16.6. The Kier molecular flexibility index (Phi) is 5.04. The van der Waals surface area contributed by atoms with Crippen LogP contribution in [0.1, 0.15) is 22.7 Å². The number of hydrogen-bond acceptors (Lipinski definition) is 6. The van der Waals surface area contributed by atoms with Gasteiger partial charge in [-0.2, -0.15) is 0 Å². The molecule has 1 amide bonds. The van der Waals surface area contributed by atoms with Crippen molar-refractivity contribution < 1.29 is 19.6 Å². The van der Waals surface area contributed by atoms with E-state index in [-0.39, 0.29) is 22.8 Å². The van der Waals surface area contributed by atoms with Crippen molar-refractivity contribution >= 4 is 29.0 Å². The van der Waals surface area contributed by atoms with E-state index in [1.165, 1.54) is 24.4 Å². The molecule has 0 aliphatic carbocycles. The summed E-state index contributed by atoms with van der Waals surface area (Å²) in [7, 11) is 0. The number of nitro benzene ring substituents is 1. The number of ketones is 1. The van der Waals surface area contributed by atoms with Gasteiger partial charge < -0.3 is 5.11 Å². The summed E-state index contributed by atoms with van der Waals surface area (Å²) in [6.07, 6.45) is 1.47. The van der Waals surface area contributed by atoms with Gasteiger partial charge in [0.2, 0.25) is 0 Å². The number of carbonyl (C=O) groups is 2. The van der Waals surface area contributed by atoms with Gasteiger partial charge in [0.05, 0.1) is 16.5 Å². The summed E-state index contributed by atoms with van der Waals surface area (Å²) in [5.41, 5.74) is 1.29. The molecule has 154 valence electrons. The molecular formula is C23H17N3O5. The molecule has 1 N–H and O–H groups in total. The van der Waals surface area contributed by atoms with Crippen molar-refractivity contribution in [3.05, 3.63) is 105 Å². The van der Waals surface area contributed by atoms with Crippen LogP contribution >= 0.6 is 0 Å². The maximum Gasteiger partial charge on any atom is 0.301 e. The normalized spacial score (nSPS) is 17.7. The average Bonchev–Trinajstić information content (AvgIpc) is 3.05. The zero-order chi connectivity index (χ0) is 22.1. The lowest BCUT2D eigenvalue weighted by Crippen LogP contribution is -2.30. The van der Waals surface area contributed by atoms with Gasteiger partial charge in [-0.1, -0.05) is 48.0 Å². The maximum absolute atomic E-state index is 13.0. The Morgan fingerprint density at radius 1 is 1.06 bits per heavy atom. The van der Waals surface area contributed by atoms with Crippen LogP contribution in [0.4, 0.5) is 11.5 Å². The van der Waals surface area contributed by atoms with E-state index in [1.54, 1.807) is 48.5 Å². The fourth-order valence-corrected chi connectivity index (χ4v) is 3.56. The summed E-state index contributed by atoms with van der Waals surface area (Å²) < 4.78 is 0. The number of aromatic nitrogens is 1. The lowest BCUT2D eigenvalue weighted by molar-refractivity contribution is -0.384. The number of Topliss-reactive ketones (excluding diaryl/α,β-unsaturated/α-hetero) is 1. The molecule has 8 heteroatoms. The number of hydrogen-bond donors (Lipinski definition) is 1. The number of aryl methyl sites for hydroxylation is 1. The number of pyridine rings is 1. The summed E-state index contributed by atoms with van der Waals surface area (Å²) >= 11 is 0. The molecule has 2 heterocycles. The van der Waals surface area contributed by atoms with Crippen LogP contribution in [0.3, 0.4) is 0 Å². The molecule has 3 aromatic rings. The third kappa shape index (κ3) is 3.55. The monoisotopic (exact) mass is 415 g/mol. The minimum absolute atomic E-state index is 0.153. The molecule has 0 saturated carbocycles. The first-order valence-electron chi connectivity index (χ1n) is 9.42. The van der Waals surface area contributed by atoms with Crippen LogP contribution in [0.25, 0.3) is 5.76 Å². The highest BCUT2D eigenvalue weighted by Gasteiger charge is 2.47. The van der Waals surface area contributed by atoms with E-state index >= 15 is 0 Å². The molecule has 31 heavy (non-hydrogen) atoms. The van der Waals surface area contributed by atoms with E-state index in [0.29, 0.717) is 11.1 Å². The molecule has 0 bridgehead atoms. The van der Waals surface area contributed by atoms with Crippen LogP contribution in [0.15, 0.2) is 78.5 Å². The number of nitro groups is 1. The Hall–Kier alpha value is -4.33. The van der Waals surface area contributed by atoms with Gasteiger partial charge in [0.25, 0.3) is 11.5 Å². The Balaban J connectivity index is 1.96. The number of carbonyl (C=O) groups excluding carboxylic acids is 2. The smallest absolute Gasteiger partial charge is 0.301 e. The second kappa shape index (κ2) is 7.83. The predicted octanol–water partition coefficient (Wildman–Crippen LogP) is 3.92. The fraction of sp³-hybridized carbons (Fsp3) is 0.0870. The Morgan fingerprint density at radius 3 is 2.45 bits per heavy atom. The number of amides is 1. The quantitative estimate of drug-likeness (QED) is 0.227. The number of aliphatic hydroxyl groups excluding tert-OH is 1. The molecule has 1 saturated heterocycles. The van der Waals surface area contributed by atoms with Gasteiger partial charge in [-0.15, -0.1) is 0 Å². The van der Waals surface area contributed by atoms with Crippen LogP contribution in [-0.2, 0) is 9.59 Å². The first-order valence-corrected chi connectivity index (χ1v) is 9.42. The van der Waals surface area contributed by atoms with Crippen molar-refractivity contribution in [3.63, 3.8) is 0 Å². The first kappa shape index (κ1) is 20.0. The average molecular weight is 415 g/mol. The molecule has 2 aromatic carbocycles. The van der Waals surface area contributed by atoms with E-state index in [9.17, 15) is 24.8 Å². The Morgan fingerprint density at radius 2 is 1.81 bits per heavy atom. The summed E-state index contributed by atoms with van der Waals surface area (Å²) in [6.45, 7) is 1.88. The van der Waals surface area contributed by atoms with Gasteiger partial charge in [0.1, 0.15) is 11.6 Å². The molecule has 1 unspecified atom stereocenters. The number of anilines is 1. The fourth-order valence-electron chi connectivity index (χ4n) is 3.56.